The van der Waals surface area contributed by atoms with E-state index < -0.39 is 0 Å². The Balaban J connectivity index is 1.71. The van der Waals surface area contributed by atoms with E-state index in [0.717, 1.165) is 28.8 Å². The second-order valence-electron chi connectivity index (χ2n) is 7.55. The summed E-state index contributed by atoms with van der Waals surface area (Å²) in [5.41, 5.74) is 7.98. The summed E-state index contributed by atoms with van der Waals surface area (Å²) in [4.78, 5) is 16.8. The van der Waals surface area contributed by atoms with E-state index in [1.165, 1.54) is 18.6 Å². The zero-order valence-corrected chi connectivity index (χ0v) is 13.9. The molecule has 3 N–H and O–H groups in total. The summed E-state index contributed by atoms with van der Waals surface area (Å²) < 4.78 is 2.64. The Morgan fingerprint density at radius 1 is 1.46 bits per heavy atom. The van der Waals surface area contributed by atoms with Gasteiger partial charge >= 0.3 is 0 Å². The first-order chi connectivity index (χ1) is 11.3. The Kier molecular flexibility index (Phi) is 3.14. The molecule has 0 bridgehead atoms. The molecule has 0 aromatic carbocycles. The van der Waals surface area contributed by atoms with Crippen LogP contribution in [0.5, 0.6) is 0 Å². The lowest BCUT2D eigenvalue weighted by Gasteiger charge is -2.20. The molecule has 8 nitrogen and oxygen atoms in total. The molecule has 24 heavy (non-hydrogen) atoms. The first-order valence-corrected chi connectivity index (χ1v) is 8.10. The molecule has 8 heteroatoms. The van der Waals surface area contributed by atoms with Gasteiger partial charge in [-0.25, -0.2) is 15.1 Å². The lowest BCUT2D eigenvalue weighted by Crippen LogP contribution is -2.49. The molecule has 2 aromatic rings. The van der Waals surface area contributed by atoms with Crippen LogP contribution in [-0.2, 0) is 6.42 Å². The molecule has 0 radical (unpaired) electrons. The van der Waals surface area contributed by atoms with Crippen LogP contribution in [0, 0.1) is 5.92 Å². The molecule has 1 fully saturated rings. The fraction of sp³-hybridized carbons (Fsp3) is 0.500. The van der Waals surface area contributed by atoms with E-state index in [9.17, 15) is 10.0 Å². The van der Waals surface area contributed by atoms with Crippen molar-refractivity contribution in [3.8, 4) is 5.82 Å². The van der Waals surface area contributed by atoms with Crippen LogP contribution in [0.1, 0.15) is 54.9 Å². The van der Waals surface area contributed by atoms with Gasteiger partial charge in [0.25, 0.3) is 12.1 Å². The predicted octanol–water partition coefficient (Wildman–Crippen LogP) is 0.485. The number of carbonyl (C=O) groups excluding carboxylic acids is 1. The standard InChI is InChI=1S/C16H20N6O2/c1-16(2,3)20-18-15(23)13-11-7-9-6-10(9)14(11)22(19-13)12-8-21(24)5-4-17-12/h4-5,8-10,17,24H,6-7H2,1-3H3/p+1/t9-,10-/m0/s1. The molecule has 4 rings (SSSR count). The zero-order valence-electron chi connectivity index (χ0n) is 13.9. The first kappa shape index (κ1) is 15.1. The third-order valence-electron chi connectivity index (χ3n) is 4.42. The van der Waals surface area contributed by atoms with Crippen molar-refractivity contribution in [1.29, 1.82) is 0 Å². The van der Waals surface area contributed by atoms with E-state index in [1.54, 1.807) is 4.68 Å². The van der Waals surface area contributed by atoms with Crippen molar-refractivity contribution < 1.29 is 14.7 Å². The maximum atomic E-state index is 12.6. The highest BCUT2D eigenvalue weighted by Gasteiger charge is 2.50. The van der Waals surface area contributed by atoms with Crippen LogP contribution in [-0.4, -0.2) is 31.4 Å². The molecule has 2 heterocycles. The van der Waals surface area contributed by atoms with E-state index in [1.807, 2.05) is 20.8 Å². The predicted molar refractivity (Wildman–Crippen MR) is 83.6 cm³/mol. The molecule has 0 aliphatic heterocycles. The van der Waals surface area contributed by atoms with E-state index >= 15 is 0 Å². The van der Waals surface area contributed by atoms with Gasteiger partial charge in [-0.05, 0) is 39.5 Å². The highest BCUT2D eigenvalue weighted by atomic mass is 16.5. The summed E-state index contributed by atoms with van der Waals surface area (Å²) in [6.07, 6.45) is 6.44. The third kappa shape index (κ3) is 2.52. The number of carbonyl (C=O) groups is 1. The molecule has 2 aliphatic carbocycles. The summed E-state index contributed by atoms with van der Waals surface area (Å²) in [6.45, 7) is 5.91. The van der Waals surface area contributed by atoms with Gasteiger partial charge in [0.2, 0.25) is 12.0 Å². The average molecular weight is 329 g/mol. The van der Waals surface area contributed by atoms with Crippen molar-refractivity contribution >= 4 is 5.91 Å². The number of aromatic nitrogens is 4. The van der Waals surface area contributed by atoms with Crippen LogP contribution in [0.3, 0.4) is 0 Å². The number of amides is 1. The van der Waals surface area contributed by atoms with Crippen LogP contribution in [0.2, 0.25) is 0 Å². The van der Waals surface area contributed by atoms with Gasteiger partial charge in [-0.3, -0.25) is 15.4 Å². The van der Waals surface area contributed by atoms with Gasteiger partial charge < -0.3 is 0 Å². The van der Waals surface area contributed by atoms with Gasteiger partial charge in [0.1, 0.15) is 0 Å². The van der Waals surface area contributed by atoms with Crippen LogP contribution in [0.15, 0.2) is 18.6 Å². The van der Waals surface area contributed by atoms with Crippen LogP contribution < -0.4 is 15.6 Å². The minimum atomic E-state index is -0.242. The highest BCUT2D eigenvalue weighted by molar-refractivity contribution is 5.94. The topological polar surface area (TPSA) is 96.0 Å². The van der Waals surface area contributed by atoms with Crippen molar-refractivity contribution in [2.75, 3.05) is 0 Å². The Morgan fingerprint density at radius 3 is 2.96 bits per heavy atom. The first-order valence-electron chi connectivity index (χ1n) is 8.10. The van der Waals surface area contributed by atoms with Crippen molar-refractivity contribution in [3.63, 3.8) is 0 Å². The molecule has 0 spiro atoms. The fourth-order valence-corrected chi connectivity index (χ4v) is 3.26. The minimum absolute atomic E-state index is 0.229. The summed E-state index contributed by atoms with van der Waals surface area (Å²) in [5.74, 6) is 1.32. The smallest absolute Gasteiger partial charge is 0.286 e. The number of hydrazine groups is 1. The molecule has 1 saturated carbocycles. The quantitative estimate of drug-likeness (QED) is 0.432. The molecule has 126 valence electrons. The zero-order chi connectivity index (χ0) is 17.1. The number of nitrogens with zero attached hydrogens (tertiary/aromatic N) is 4. The summed E-state index contributed by atoms with van der Waals surface area (Å²) in [6, 6.07) is 0. The Labute approximate surface area is 139 Å². The Hall–Kier alpha value is -2.48. The second kappa shape index (κ2) is 5.01. The van der Waals surface area contributed by atoms with Gasteiger partial charge in [-0.1, -0.05) is 0 Å². The summed E-state index contributed by atoms with van der Waals surface area (Å²) in [5, 5.41) is 14.1. The number of fused-ring (bicyclic) bond motifs is 3. The number of rotatable bonds is 3. The van der Waals surface area contributed by atoms with Crippen LogP contribution in [0.25, 0.3) is 5.82 Å². The van der Waals surface area contributed by atoms with Crippen molar-refractivity contribution in [1.82, 2.24) is 25.6 Å². The van der Waals surface area contributed by atoms with Crippen molar-refractivity contribution in [2.24, 2.45) is 5.92 Å². The van der Waals surface area contributed by atoms with Crippen molar-refractivity contribution in [2.45, 2.75) is 45.1 Å². The largest absolute Gasteiger partial charge is 0.286 e. The maximum absolute atomic E-state index is 12.6. The Bertz CT molecular complexity index is 822. The second-order valence-corrected chi connectivity index (χ2v) is 7.55. The molecular formula is C16H21N6O2+. The Morgan fingerprint density at radius 2 is 2.25 bits per heavy atom. The normalized spacial score (nSPS) is 21.3. The molecule has 2 aliphatic rings. The van der Waals surface area contributed by atoms with Gasteiger partial charge in [0, 0.05) is 21.8 Å². The minimum Gasteiger partial charge on any atom is -0.286 e. The van der Waals surface area contributed by atoms with Crippen LogP contribution in [0.4, 0.5) is 0 Å². The van der Waals surface area contributed by atoms with Gasteiger partial charge in [-0.15, -0.1) is 0 Å². The number of hydrogen-bond donors (Lipinski definition) is 3. The van der Waals surface area contributed by atoms with Gasteiger partial charge in [-0.2, -0.15) is 5.10 Å². The SMILES string of the molecule is CC(C)(C)NNC(=O)c1nn(-c2c[n+](O)ccn2)c2c1C[C@@H]1C[C@H]21. The molecule has 1 amide bonds. The van der Waals surface area contributed by atoms with Crippen LogP contribution >= 0.6 is 0 Å². The lowest BCUT2D eigenvalue weighted by molar-refractivity contribution is -0.904. The maximum Gasteiger partial charge on any atom is 0.286 e. The van der Waals surface area contributed by atoms with E-state index in [-0.39, 0.29) is 11.4 Å². The van der Waals surface area contributed by atoms with Gasteiger partial charge in [0.15, 0.2) is 5.69 Å². The molecule has 0 unspecified atom stereocenters. The average Bonchev–Trinajstić information content (AvgIpc) is 3.01. The molecular weight excluding hydrogens is 308 g/mol. The monoisotopic (exact) mass is 329 g/mol. The van der Waals surface area contributed by atoms with E-state index in [0.29, 0.717) is 23.3 Å². The van der Waals surface area contributed by atoms with E-state index in [4.69, 9.17) is 0 Å². The summed E-state index contributed by atoms with van der Waals surface area (Å²) in [7, 11) is 0. The third-order valence-corrected chi connectivity index (χ3v) is 4.42. The molecule has 0 saturated heterocycles. The van der Waals surface area contributed by atoms with Crippen molar-refractivity contribution in [3.05, 3.63) is 35.5 Å². The van der Waals surface area contributed by atoms with Gasteiger partial charge in [0.05, 0.1) is 11.9 Å². The highest BCUT2D eigenvalue weighted by Crippen LogP contribution is 2.57. The molecule has 2 aromatic heterocycles. The number of hydrogen-bond acceptors (Lipinski definition) is 5. The molecule has 2 atom stereocenters. The fourth-order valence-electron chi connectivity index (χ4n) is 3.26. The number of nitrogens with one attached hydrogen (secondary N) is 2. The summed E-state index contributed by atoms with van der Waals surface area (Å²) >= 11 is 0. The lowest BCUT2D eigenvalue weighted by atomic mass is 10.1. The van der Waals surface area contributed by atoms with E-state index in [2.05, 4.69) is 20.9 Å².